The van der Waals surface area contributed by atoms with Crippen LogP contribution >= 0.6 is 12.6 Å². The third-order valence-electron chi connectivity index (χ3n) is 4.27. The summed E-state index contributed by atoms with van der Waals surface area (Å²) in [5, 5.41) is 14.8. The molecule has 0 saturated carbocycles. The van der Waals surface area contributed by atoms with Gasteiger partial charge in [0.15, 0.2) is 6.61 Å². The normalized spacial score (nSPS) is 12.6. The number of hydrogen-bond acceptors (Lipinski definition) is 7. The highest BCUT2D eigenvalue weighted by Crippen LogP contribution is 2.27. The third-order valence-corrected chi connectivity index (χ3v) is 4.74. The number of nitrogens with two attached hydrogens (primary N) is 1. The molecule has 1 aromatic carbocycles. The Morgan fingerprint density at radius 1 is 1.23 bits per heavy atom. The first-order valence-electron chi connectivity index (χ1n) is 9.76. The van der Waals surface area contributed by atoms with Crippen molar-refractivity contribution in [1.29, 1.82) is 0 Å². The van der Waals surface area contributed by atoms with Crippen LogP contribution in [-0.2, 0) is 9.59 Å². The first-order valence-corrected chi connectivity index (χ1v) is 10.4. The molecule has 1 heterocycles. The molecule has 162 valence electrons. The third kappa shape index (κ3) is 7.23. The lowest BCUT2D eigenvalue weighted by Crippen LogP contribution is -2.42. The van der Waals surface area contributed by atoms with Crippen molar-refractivity contribution < 1.29 is 19.4 Å². The fourth-order valence-corrected chi connectivity index (χ4v) is 2.81. The number of thiol groups is 1. The van der Waals surface area contributed by atoms with Gasteiger partial charge in [-0.3, -0.25) is 4.79 Å². The van der Waals surface area contributed by atoms with Gasteiger partial charge >= 0.3 is 5.97 Å². The van der Waals surface area contributed by atoms with Crippen molar-refractivity contribution in [3.63, 3.8) is 0 Å². The summed E-state index contributed by atoms with van der Waals surface area (Å²) < 4.78 is 5.65. The van der Waals surface area contributed by atoms with Crippen LogP contribution in [0, 0.1) is 0 Å². The number of hydrogen-bond donors (Lipinski definition) is 5. The van der Waals surface area contributed by atoms with E-state index in [9.17, 15) is 14.7 Å². The second kappa shape index (κ2) is 12.0. The smallest absolute Gasteiger partial charge is 0.326 e. The molecule has 0 radical (unpaired) electrons. The number of nitrogens with one attached hydrogen (secondary N) is 2. The molecule has 1 amide bonds. The Kier molecular flexibility index (Phi) is 9.43. The fraction of sp³-hybridized carbons (Fsp3) is 0.381. The minimum absolute atomic E-state index is 0.163. The van der Waals surface area contributed by atoms with E-state index >= 15 is 0 Å². The second-order valence-corrected chi connectivity index (χ2v) is 7.14. The van der Waals surface area contributed by atoms with E-state index in [4.69, 9.17) is 10.5 Å². The first kappa shape index (κ1) is 23.5. The van der Waals surface area contributed by atoms with Crippen LogP contribution in [0.25, 0.3) is 11.3 Å². The number of aliphatic carboxylic acids is 1. The van der Waals surface area contributed by atoms with E-state index in [-0.39, 0.29) is 18.5 Å². The van der Waals surface area contributed by atoms with Gasteiger partial charge in [-0.15, -0.1) is 0 Å². The predicted octanol–water partition coefficient (Wildman–Crippen LogP) is 2.17. The number of carboxylic acid groups (broad SMARTS) is 1. The van der Waals surface area contributed by atoms with Crippen molar-refractivity contribution >= 4 is 30.2 Å². The van der Waals surface area contributed by atoms with Crippen LogP contribution in [0.5, 0.6) is 5.88 Å². The summed E-state index contributed by atoms with van der Waals surface area (Å²) in [6.45, 7) is 1.95. The molecule has 0 aliphatic rings. The highest BCUT2D eigenvalue weighted by molar-refractivity contribution is 7.80. The number of anilines is 1. The van der Waals surface area contributed by atoms with Gasteiger partial charge in [-0.1, -0.05) is 43.7 Å². The zero-order chi connectivity index (χ0) is 21.9. The van der Waals surface area contributed by atoms with Crippen molar-refractivity contribution in [2.75, 3.05) is 24.2 Å². The minimum Gasteiger partial charge on any atom is -0.480 e. The van der Waals surface area contributed by atoms with E-state index in [1.807, 2.05) is 49.4 Å². The lowest BCUT2D eigenvalue weighted by Gasteiger charge is -2.17. The number of benzene rings is 1. The molecule has 0 saturated heterocycles. The number of aromatic nitrogens is 1. The SMILES string of the molecule is CCCC(NC(=O)COc1nc(-c2ccccc2)ccc1NCC(N)CS)C(=O)O. The molecule has 8 nitrogen and oxygen atoms in total. The highest BCUT2D eigenvalue weighted by Gasteiger charge is 2.19. The van der Waals surface area contributed by atoms with Gasteiger partial charge in [0.2, 0.25) is 5.88 Å². The van der Waals surface area contributed by atoms with Gasteiger partial charge in [0.05, 0.1) is 11.4 Å². The second-order valence-electron chi connectivity index (χ2n) is 6.77. The maximum atomic E-state index is 12.2. The standard InChI is InChI=1S/C21H28N4O4S/c1-2-6-18(21(27)28)24-19(26)12-29-20-17(23-11-15(22)13-30)10-9-16(25-20)14-7-4-3-5-8-14/h3-5,7-10,15,18,23,30H,2,6,11-13,22H2,1H3,(H,24,26)(H,27,28). The maximum Gasteiger partial charge on any atom is 0.326 e. The molecule has 2 unspecified atom stereocenters. The average Bonchev–Trinajstić information content (AvgIpc) is 2.76. The van der Waals surface area contributed by atoms with E-state index in [1.165, 1.54) is 0 Å². The molecule has 0 fully saturated rings. The zero-order valence-electron chi connectivity index (χ0n) is 16.9. The number of rotatable bonds is 12. The molecule has 2 atom stereocenters. The average molecular weight is 433 g/mol. The van der Waals surface area contributed by atoms with Crippen molar-refractivity contribution in [3.05, 3.63) is 42.5 Å². The fourth-order valence-electron chi connectivity index (χ4n) is 2.68. The maximum absolute atomic E-state index is 12.2. The number of carboxylic acids is 1. The molecule has 0 aliphatic heterocycles. The Hall–Kier alpha value is -2.78. The molecular formula is C21H28N4O4S. The molecule has 0 bridgehead atoms. The van der Waals surface area contributed by atoms with E-state index in [0.717, 1.165) is 5.56 Å². The lowest BCUT2D eigenvalue weighted by atomic mass is 10.1. The minimum atomic E-state index is -1.07. The zero-order valence-corrected chi connectivity index (χ0v) is 17.8. The Balaban J connectivity index is 2.15. The monoisotopic (exact) mass is 432 g/mol. The topological polar surface area (TPSA) is 127 Å². The number of nitrogens with zero attached hydrogens (tertiary/aromatic N) is 1. The van der Waals surface area contributed by atoms with Gasteiger partial charge in [0.25, 0.3) is 5.91 Å². The number of amides is 1. The highest BCUT2D eigenvalue weighted by atomic mass is 32.1. The van der Waals surface area contributed by atoms with E-state index in [2.05, 4.69) is 28.2 Å². The van der Waals surface area contributed by atoms with Crippen LogP contribution in [0.15, 0.2) is 42.5 Å². The molecule has 30 heavy (non-hydrogen) atoms. The number of carbonyl (C=O) groups excluding carboxylic acids is 1. The summed E-state index contributed by atoms with van der Waals surface area (Å²) >= 11 is 4.17. The number of ether oxygens (including phenoxy) is 1. The summed E-state index contributed by atoms with van der Waals surface area (Å²) in [6, 6.07) is 12.1. The summed E-state index contributed by atoms with van der Waals surface area (Å²) in [5.41, 5.74) is 8.08. The van der Waals surface area contributed by atoms with Gasteiger partial charge in [-0.05, 0) is 18.6 Å². The Morgan fingerprint density at radius 3 is 2.60 bits per heavy atom. The van der Waals surface area contributed by atoms with Crippen LogP contribution in [0.1, 0.15) is 19.8 Å². The van der Waals surface area contributed by atoms with Crippen molar-refractivity contribution in [1.82, 2.24) is 10.3 Å². The molecule has 1 aromatic heterocycles. The summed E-state index contributed by atoms with van der Waals surface area (Å²) in [7, 11) is 0. The van der Waals surface area contributed by atoms with Crippen molar-refractivity contribution in [3.8, 4) is 17.1 Å². The Bertz CT molecular complexity index is 835. The van der Waals surface area contributed by atoms with Crippen LogP contribution in [0.4, 0.5) is 5.69 Å². The molecule has 5 N–H and O–H groups in total. The van der Waals surface area contributed by atoms with Gasteiger partial charge in [-0.2, -0.15) is 12.6 Å². The van der Waals surface area contributed by atoms with Crippen molar-refractivity contribution in [2.45, 2.75) is 31.8 Å². The molecular weight excluding hydrogens is 404 g/mol. The number of pyridine rings is 1. The summed E-state index contributed by atoms with van der Waals surface area (Å²) in [4.78, 5) is 28.0. The number of carbonyl (C=O) groups is 2. The molecule has 9 heteroatoms. The van der Waals surface area contributed by atoms with E-state index in [0.29, 0.717) is 36.5 Å². The first-order chi connectivity index (χ1) is 14.4. The van der Waals surface area contributed by atoms with Crippen molar-refractivity contribution in [2.24, 2.45) is 5.73 Å². The van der Waals surface area contributed by atoms with Gasteiger partial charge in [-0.25, -0.2) is 9.78 Å². The van der Waals surface area contributed by atoms with Crippen LogP contribution in [-0.4, -0.2) is 53.0 Å². The summed E-state index contributed by atoms with van der Waals surface area (Å²) in [5.74, 6) is -0.853. The van der Waals surface area contributed by atoms with E-state index < -0.39 is 17.9 Å². The molecule has 0 spiro atoms. The van der Waals surface area contributed by atoms with Gasteiger partial charge in [0.1, 0.15) is 6.04 Å². The van der Waals surface area contributed by atoms with Crippen LogP contribution < -0.4 is 21.1 Å². The largest absolute Gasteiger partial charge is 0.480 e. The van der Waals surface area contributed by atoms with Gasteiger partial charge in [0, 0.05) is 23.9 Å². The van der Waals surface area contributed by atoms with Gasteiger partial charge < -0.3 is 26.2 Å². The van der Waals surface area contributed by atoms with E-state index in [1.54, 1.807) is 0 Å². The quantitative estimate of drug-likeness (QED) is 0.325. The Morgan fingerprint density at radius 2 is 1.97 bits per heavy atom. The Labute approximate surface area is 181 Å². The lowest BCUT2D eigenvalue weighted by molar-refractivity contribution is -0.142. The van der Waals surface area contributed by atoms with Crippen LogP contribution in [0.3, 0.4) is 0 Å². The molecule has 0 aliphatic carbocycles. The summed E-state index contributed by atoms with van der Waals surface area (Å²) in [6.07, 6.45) is 0.982. The predicted molar refractivity (Wildman–Crippen MR) is 120 cm³/mol. The molecule has 2 aromatic rings. The molecule has 2 rings (SSSR count). The van der Waals surface area contributed by atoms with Crippen LogP contribution in [0.2, 0.25) is 0 Å².